The number of hydrogen-bond donors (Lipinski definition) is 2. The van der Waals surface area contributed by atoms with Gasteiger partial charge in [-0.1, -0.05) is 36.8 Å². The lowest BCUT2D eigenvalue weighted by atomic mass is 10.1. The van der Waals surface area contributed by atoms with Gasteiger partial charge in [-0.15, -0.1) is 0 Å². The van der Waals surface area contributed by atoms with E-state index in [2.05, 4.69) is 10.6 Å². The summed E-state index contributed by atoms with van der Waals surface area (Å²) in [6.07, 6.45) is 4.79. The predicted molar refractivity (Wildman–Crippen MR) is 114 cm³/mol. The molecule has 6 nitrogen and oxygen atoms in total. The molecule has 2 aromatic carbocycles. The van der Waals surface area contributed by atoms with E-state index in [1.54, 1.807) is 6.07 Å². The Morgan fingerprint density at radius 1 is 0.931 bits per heavy atom. The predicted octanol–water partition coefficient (Wildman–Crippen LogP) is 2.87. The second-order valence-corrected chi connectivity index (χ2v) is 7.46. The highest BCUT2D eigenvalue weighted by Crippen LogP contribution is 2.15. The Kier molecular flexibility index (Phi) is 7.61. The molecule has 1 saturated heterocycles. The van der Waals surface area contributed by atoms with Gasteiger partial charge in [0, 0.05) is 44.6 Å². The third-order valence-electron chi connectivity index (χ3n) is 5.25. The van der Waals surface area contributed by atoms with Gasteiger partial charge in [-0.05, 0) is 42.2 Å². The van der Waals surface area contributed by atoms with E-state index in [4.69, 9.17) is 0 Å². The Morgan fingerprint density at radius 2 is 1.76 bits per heavy atom. The van der Waals surface area contributed by atoms with Gasteiger partial charge in [0.25, 0.3) is 5.91 Å². The minimum atomic E-state index is -0.178. The van der Waals surface area contributed by atoms with Crippen LogP contribution in [0.1, 0.15) is 48.9 Å². The summed E-state index contributed by atoms with van der Waals surface area (Å²) >= 11 is 0. The highest BCUT2D eigenvalue weighted by atomic mass is 16.2. The zero-order valence-corrected chi connectivity index (χ0v) is 16.8. The van der Waals surface area contributed by atoms with Crippen molar-refractivity contribution in [3.63, 3.8) is 0 Å². The molecule has 0 spiro atoms. The Bertz CT molecular complexity index is 865. The fourth-order valence-electron chi connectivity index (χ4n) is 3.58. The van der Waals surface area contributed by atoms with Crippen molar-refractivity contribution in [1.82, 2.24) is 15.5 Å². The number of likely N-dealkylation sites (tertiary alicyclic amines) is 1. The molecule has 3 rings (SSSR count). The number of nitrogens with zero attached hydrogens (tertiary/aromatic N) is 1. The summed E-state index contributed by atoms with van der Waals surface area (Å²) in [5.41, 5.74) is 0.589. The molecule has 1 aliphatic heterocycles. The fourth-order valence-corrected chi connectivity index (χ4v) is 3.58. The van der Waals surface area contributed by atoms with Crippen LogP contribution in [0.5, 0.6) is 0 Å². The van der Waals surface area contributed by atoms with Gasteiger partial charge in [-0.3, -0.25) is 14.4 Å². The van der Waals surface area contributed by atoms with E-state index in [9.17, 15) is 14.4 Å². The van der Waals surface area contributed by atoms with Crippen LogP contribution in [0.4, 0.5) is 0 Å². The molecular weight excluding hydrogens is 366 g/mol. The number of amides is 3. The number of fused-ring (bicyclic) bond motifs is 1. The van der Waals surface area contributed by atoms with Gasteiger partial charge in [0.05, 0.1) is 0 Å². The van der Waals surface area contributed by atoms with Crippen molar-refractivity contribution in [2.45, 2.75) is 38.5 Å². The molecule has 1 heterocycles. The van der Waals surface area contributed by atoms with E-state index < -0.39 is 0 Å². The van der Waals surface area contributed by atoms with Gasteiger partial charge in [-0.25, -0.2) is 0 Å². The van der Waals surface area contributed by atoms with E-state index in [-0.39, 0.29) is 24.1 Å². The summed E-state index contributed by atoms with van der Waals surface area (Å²) in [4.78, 5) is 38.1. The zero-order chi connectivity index (χ0) is 20.5. The lowest BCUT2D eigenvalue weighted by Crippen LogP contribution is -2.35. The Balaban J connectivity index is 1.32. The number of hydrogen-bond acceptors (Lipinski definition) is 3. The standard InChI is InChI=1S/C23H29N3O3/c27-21(24-13-6-16-26-15-5-1-2-9-22(26)28)12-14-25-23(29)20-11-10-18-7-3-4-8-19(18)17-20/h3-4,7-8,10-11,17H,1-2,5-6,9,12-16H2,(H,24,27)(H,25,29). The van der Waals surface area contributed by atoms with Gasteiger partial charge in [0.1, 0.15) is 0 Å². The SMILES string of the molecule is O=C(CCNC(=O)c1ccc2ccccc2c1)NCCCN1CCCCCC1=O. The molecule has 0 saturated carbocycles. The van der Waals surface area contributed by atoms with Crippen LogP contribution in [0.25, 0.3) is 10.8 Å². The number of benzene rings is 2. The van der Waals surface area contributed by atoms with Crippen molar-refractivity contribution in [3.05, 3.63) is 48.0 Å². The van der Waals surface area contributed by atoms with Crippen molar-refractivity contribution >= 4 is 28.5 Å². The number of carbonyl (C=O) groups excluding carboxylic acids is 3. The van der Waals surface area contributed by atoms with Gasteiger partial charge >= 0.3 is 0 Å². The largest absolute Gasteiger partial charge is 0.356 e. The van der Waals surface area contributed by atoms with Crippen molar-refractivity contribution in [2.75, 3.05) is 26.2 Å². The summed E-state index contributed by atoms with van der Waals surface area (Å²) in [5, 5.41) is 7.76. The van der Waals surface area contributed by atoms with Crippen LogP contribution in [0.15, 0.2) is 42.5 Å². The molecular formula is C23H29N3O3. The van der Waals surface area contributed by atoms with Crippen LogP contribution in [-0.4, -0.2) is 48.8 Å². The molecule has 2 N–H and O–H groups in total. The van der Waals surface area contributed by atoms with Crippen molar-refractivity contribution in [2.24, 2.45) is 0 Å². The summed E-state index contributed by atoms with van der Waals surface area (Å²) in [6.45, 7) is 2.36. The Morgan fingerprint density at radius 3 is 2.62 bits per heavy atom. The van der Waals surface area contributed by atoms with Crippen LogP contribution >= 0.6 is 0 Å². The smallest absolute Gasteiger partial charge is 0.251 e. The van der Waals surface area contributed by atoms with Crippen molar-refractivity contribution in [3.8, 4) is 0 Å². The van der Waals surface area contributed by atoms with Crippen LogP contribution in [-0.2, 0) is 9.59 Å². The maximum absolute atomic E-state index is 12.3. The molecule has 0 bridgehead atoms. The van der Waals surface area contributed by atoms with Gasteiger partial charge in [0.15, 0.2) is 0 Å². The van der Waals surface area contributed by atoms with Crippen molar-refractivity contribution in [1.29, 1.82) is 0 Å². The van der Waals surface area contributed by atoms with Crippen LogP contribution in [0.2, 0.25) is 0 Å². The molecule has 154 valence electrons. The normalized spacial score (nSPS) is 14.5. The van der Waals surface area contributed by atoms with E-state index in [1.165, 1.54) is 0 Å². The third-order valence-corrected chi connectivity index (χ3v) is 5.25. The molecule has 1 aliphatic rings. The molecule has 29 heavy (non-hydrogen) atoms. The van der Waals surface area contributed by atoms with Gasteiger partial charge in [-0.2, -0.15) is 0 Å². The average Bonchev–Trinajstić information content (AvgIpc) is 2.94. The second kappa shape index (κ2) is 10.6. The van der Waals surface area contributed by atoms with E-state index in [0.717, 1.165) is 43.0 Å². The monoisotopic (exact) mass is 395 g/mol. The first-order chi connectivity index (χ1) is 14.1. The van der Waals surface area contributed by atoms with Gasteiger partial charge < -0.3 is 15.5 Å². The molecule has 3 amide bonds. The molecule has 2 aromatic rings. The van der Waals surface area contributed by atoms with Crippen LogP contribution in [0.3, 0.4) is 0 Å². The topological polar surface area (TPSA) is 78.5 Å². The number of carbonyl (C=O) groups is 3. The summed E-state index contributed by atoms with van der Waals surface area (Å²) in [6, 6.07) is 13.5. The molecule has 0 radical (unpaired) electrons. The van der Waals surface area contributed by atoms with Crippen LogP contribution < -0.4 is 10.6 Å². The molecule has 0 aromatic heterocycles. The minimum absolute atomic E-state index is 0.0917. The zero-order valence-electron chi connectivity index (χ0n) is 16.8. The highest BCUT2D eigenvalue weighted by Gasteiger charge is 2.15. The summed E-state index contributed by atoms with van der Waals surface area (Å²) < 4.78 is 0. The Hall–Kier alpha value is -2.89. The fraction of sp³-hybridized carbons (Fsp3) is 0.435. The van der Waals surface area contributed by atoms with Crippen molar-refractivity contribution < 1.29 is 14.4 Å². The quantitative estimate of drug-likeness (QED) is 0.675. The number of nitrogens with one attached hydrogen (secondary N) is 2. The first kappa shape index (κ1) is 20.8. The first-order valence-electron chi connectivity index (χ1n) is 10.4. The lowest BCUT2D eigenvalue weighted by molar-refractivity contribution is -0.130. The summed E-state index contributed by atoms with van der Waals surface area (Å²) in [7, 11) is 0. The average molecular weight is 396 g/mol. The first-order valence-corrected chi connectivity index (χ1v) is 10.4. The van der Waals surface area contributed by atoms with Gasteiger partial charge in [0.2, 0.25) is 11.8 Å². The second-order valence-electron chi connectivity index (χ2n) is 7.46. The lowest BCUT2D eigenvalue weighted by Gasteiger charge is -2.20. The molecule has 0 atom stereocenters. The molecule has 0 aliphatic carbocycles. The van der Waals surface area contributed by atoms with E-state index in [1.807, 2.05) is 41.3 Å². The maximum atomic E-state index is 12.3. The minimum Gasteiger partial charge on any atom is -0.356 e. The molecule has 0 unspecified atom stereocenters. The van der Waals surface area contributed by atoms with Crippen LogP contribution in [0, 0.1) is 0 Å². The van der Waals surface area contributed by atoms with E-state index >= 15 is 0 Å². The number of rotatable bonds is 8. The highest BCUT2D eigenvalue weighted by molar-refractivity contribution is 5.98. The maximum Gasteiger partial charge on any atom is 0.251 e. The molecule has 1 fully saturated rings. The Labute approximate surface area is 171 Å². The molecule has 6 heteroatoms. The third kappa shape index (κ3) is 6.31. The van der Waals surface area contributed by atoms with E-state index in [0.29, 0.717) is 31.6 Å². The summed E-state index contributed by atoms with van der Waals surface area (Å²) in [5.74, 6) is -0.0422.